The van der Waals surface area contributed by atoms with E-state index in [9.17, 15) is 4.39 Å². The van der Waals surface area contributed by atoms with Crippen LogP contribution in [0.15, 0.2) is 18.2 Å². The molecule has 1 aromatic carbocycles. The highest BCUT2D eigenvalue weighted by Crippen LogP contribution is 2.34. The number of hydrogen-bond donors (Lipinski definition) is 1. The van der Waals surface area contributed by atoms with Crippen molar-refractivity contribution in [2.45, 2.75) is 39.7 Å². The molecule has 4 heteroatoms. The molecule has 1 fully saturated rings. The monoisotopic (exact) mass is 294 g/mol. The van der Waals surface area contributed by atoms with Crippen LogP contribution in [0.1, 0.15) is 44.2 Å². The van der Waals surface area contributed by atoms with Crippen LogP contribution in [0.2, 0.25) is 0 Å². The Morgan fingerprint density at radius 2 is 2.05 bits per heavy atom. The zero-order valence-corrected chi connectivity index (χ0v) is 13.1. The van der Waals surface area contributed by atoms with Crippen molar-refractivity contribution in [2.24, 2.45) is 11.1 Å². The van der Waals surface area contributed by atoms with Crippen LogP contribution in [0.25, 0.3) is 0 Å². The summed E-state index contributed by atoms with van der Waals surface area (Å²) in [6.07, 6.45) is 3.66. The maximum atomic E-state index is 13.3. The van der Waals surface area contributed by atoms with E-state index in [1.165, 1.54) is 31.4 Å². The van der Waals surface area contributed by atoms with E-state index in [2.05, 4.69) is 18.7 Å². The molecule has 2 rings (SSSR count). The summed E-state index contributed by atoms with van der Waals surface area (Å²) in [7, 11) is 0. The van der Waals surface area contributed by atoms with Crippen molar-refractivity contribution in [1.82, 2.24) is 4.90 Å². The molecule has 0 radical (unpaired) electrons. The second-order valence-corrected chi connectivity index (χ2v) is 6.55. The molecule has 2 N–H and O–H groups in total. The number of halogens is 1. The van der Waals surface area contributed by atoms with Gasteiger partial charge in [0.15, 0.2) is 0 Å². The molecule has 0 aromatic heterocycles. The van der Waals surface area contributed by atoms with E-state index in [4.69, 9.17) is 18.0 Å². The van der Waals surface area contributed by atoms with Crippen molar-refractivity contribution in [3.05, 3.63) is 35.1 Å². The van der Waals surface area contributed by atoms with Crippen LogP contribution < -0.4 is 5.73 Å². The van der Waals surface area contributed by atoms with Gasteiger partial charge < -0.3 is 5.73 Å². The average molecular weight is 294 g/mol. The molecule has 1 aromatic rings. The predicted octanol–water partition coefficient (Wildman–Crippen LogP) is 3.47. The predicted molar refractivity (Wildman–Crippen MR) is 85.2 cm³/mol. The minimum atomic E-state index is -0.284. The lowest BCUT2D eigenvalue weighted by molar-refractivity contribution is 0.109. The van der Waals surface area contributed by atoms with Crippen LogP contribution in [-0.4, -0.2) is 23.0 Å². The molecule has 110 valence electrons. The number of nitrogens with zero attached hydrogens (tertiary/aromatic N) is 1. The minimum absolute atomic E-state index is 0.273. The zero-order chi connectivity index (χ0) is 14.8. The molecule has 2 nitrogen and oxygen atoms in total. The topological polar surface area (TPSA) is 29.3 Å². The van der Waals surface area contributed by atoms with Crippen LogP contribution in [0, 0.1) is 11.2 Å². The second-order valence-electron chi connectivity index (χ2n) is 6.11. The highest BCUT2D eigenvalue weighted by Gasteiger charge is 2.28. The van der Waals surface area contributed by atoms with E-state index in [0.717, 1.165) is 25.2 Å². The summed E-state index contributed by atoms with van der Waals surface area (Å²) in [5.74, 6) is -0.284. The summed E-state index contributed by atoms with van der Waals surface area (Å²) in [4.78, 5) is 2.68. The fourth-order valence-electron chi connectivity index (χ4n) is 2.76. The summed E-state index contributed by atoms with van der Waals surface area (Å²) in [6, 6.07) is 4.73. The third-order valence-electron chi connectivity index (χ3n) is 4.65. The molecule has 0 amide bonds. The molecule has 0 unspecified atom stereocenters. The van der Waals surface area contributed by atoms with Crippen molar-refractivity contribution >= 4 is 17.2 Å². The van der Waals surface area contributed by atoms with E-state index in [1.54, 1.807) is 6.07 Å². The summed E-state index contributed by atoms with van der Waals surface area (Å²) in [5.41, 5.74) is 7.87. The lowest BCUT2D eigenvalue weighted by Gasteiger charge is -2.39. The Balaban J connectivity index is 2.06. The Bertz CT molecular complexity index is 493. The Morgan fingerprint density at radius 1 is 1.40 bits per heavy atom. The molecule has 1 heterocycles. The Labute approximate surface area is 126 Å². The largest absolute Gasteiger partial charge is 0.389 e. The molecule has 0 spiro atoms. The normalized spacial score (nSPS) is 18.9. The van der Waals surface area contributed by atoms with Gasteiger partial charge in [0.1, 0.15) is 10.8 Å². The van der Waals surface area contributed by atoms with Crippen molar-refractivity contribution in [2.75, 3.05) is 13.1 Å². The first-order chi connectivity index (χ1) is 9.43. The fraction of sp³-hybridized carbons (Fsp3) is 0.562. The number of rotatable bonds is 4. The standard InChI is InChI=1S/C16H23FN2S/c1-3-16(2)6-8-19(9-7-16)11-12-4-5-13(17)10-14(12)15(18)20/h4-5,10H,3,6-9,11H2,1-2H3,(H2,18,20). The van der Waals surface area contributed by atoms with Crippen molar-refractivity contribution < 1.29 is 4.39 Å². The third kappa shape index (κ3) is 3.55. The van der Waals surface area contributed by atoms with E-state index < -0.39 is 0 Å². The smallest absolute Gasteiger partial charge is 0.123 e. The van der Waals surface area contributed by atoms with E-state index in [-0.39, 0.29) is 10.8 Å². The first kappa shape index (κ1) is 15.4. The molecule has 0 bridgehead atoms. The minimum Gasteiger partial charge on any atom is -0.389 e. The van der Waals surface area contributed by atoms with Gasteiger partial charge in [-0.1, -0.05) is 38.6 Å². The number of likely N-dealkylation sites (tertiary alicyclic amines) is 1. The van der Waals surface area contributed by atoms with Gasteiger partial charge in [-0.25, -0.2) is 4.39 Å². The van der Waals surface area contributed by atoms with E-state index >= 15 is 0 Å². The van der Waals surface area contributed by atoms with Gasteiger partial charge in [-0.2, -0.15) is 0 Å². The quantitative estimate of drug-likeness (QED) is 0.862. The van der Waals surface area contributed by atoms with Crippen molar-refractivity contribution in [3.63, 3.8) is 0 Å². The van der Waals surface area contributed by atoms with Gasteiger partial charge in [-0.15, -0.1) is 0 Å². The first-order valence-electron chi connectivity index (χ1n) is 7.24. The maximum absolute atomic E-state index is 13.3. The van der Waals surface area contributed by atoms with Gasteiger partial charge in [-0.3, -0.25) is 4.90 Å². The fourth-order valence-corrected chi connectivity index (χ4v) is 2.95. The second kappa shape index (κ2) is 6.19. The van der Waals surface area contributed by atoms with Crippen LogP contribution in [-0.2, 0) is 6.54 Å². The molecule has 1 saturated heterocycles. The highest BCUT2D eigenvalue weighted by atomic mass is 32.1. The molecule has 1 aliphatic rings. The average Bonchev–Trinajstić information content (AvgIpc) is 2.43. The van der Waals surface area contributed by atoms with Gasteiger partial charge in [0.05, 0.1) is 0 Å². The summed E-state index contributed by atoms with van der Waals surface area (Å²) in [5, 5.41) is 0. The molecule has 0 saturated carbocycles. The van der Waals surface area contributed by atoms with Crippen LogP contribution in [0.4, 0.5) is 4.39 Å². The molecular weight excluding hydrogens is 271 g/mol. The van der Waals surface area contributed by atoms with E-state index in [1.807, 2.05) is 0 Å². The van der Waals surface area contributed by atoms with Gasteiger partial charge in [-0.05, 0) is 49.0 Å². The first-order valence-corrected chi connectivity index (χ1v) is 7.65. The van der Waals surface area contributed by atoms with Gasteiger partial charge >= 0.3 is 0 Å². The molecular formula is C16H23FN2S. The van der Waals surface area contributed by atoms with Gasteiger partial charge in [0, 0.05) is 12.1 Å². The summed E-state index contributed by atoms with van der Waals surface area (Å²) < 4.78 is 13.3. The van der Waals surface area contributed by atoms with Gasteiger partial charge in [0.2, 0.25) is 0 Å². The van der Waals surface area contributed by atoms with Gasteiger partial charge in [0.25, 0.3) is 0 Å². The number of hydrogen-bond acceptors (Lipinski definition) is 2. The number of nitrogens with two attached hydrogens (primary N) is 1. The Hall–Kier alpha value is -1.00. The SMILES string of the molecule is CCC1(C)CCN(Cc2ccc(F)cc2C(N)=S)CC1. The number of piperidine rings is 1. The van der Waals surface area contributed by atoms with Crippen LogP contribution in [0.3, 0.4) is 0 Å². The number of benzene rings is 1. The molecule has 20 heavy (non-hydrogen) atoms. The summed E-state index contributed by atoms with van der Waals surface area (Å²) in [6.45, 7) is 7.59. The molecule has 0 aliphatic carbocycles. The maximum Gasteiger partial charge on any atom is 0.123 e. The third-order valence-corrected chi connectivity index (χ3v) is 4.87. The van der Waals surface area contributed by atoms with Crippen molar-refractivity contribution in [1.29, 1.82) is 0 Å². The van der Waals surface area contributed by atoms with Crippen LogP contribution in [0.5, 0.6) is 0 Å². The zero-order valence-electron chi connectivity index (χ0n) is 12.3. The molecule has 0 atom stereocenters. The Morgan fingerprint density at radius 3 is 2.60 bits per heavy atom. The lowest BCUT2D eigenvalue weighted by Crippen LogP contribution is -2.38. The van der Waals surface area contributed by atoms with Crippen molar-refractivity contribution in [3.8, 4) is 0 Å². The Kier molecular flexibility index (Phi) is 4.76. The highest BCUT2D eigenvalue weighted by molar-refractivity contribution is 7.80. The van der Waals surface area contributed by atoms with E-state index in [0.29, 0.717) is 11.0 Å². The lowest BCUT2D eigenvalue weighted by atomic mass is 9.78. The molecule has 1 aliphatic heterocycles. The number of thiocarbonyl (C=S) groups is 1. The summed E-state index contributed by atoms with van der Waals surface area (Å²) >= 11 is 5.02. The van der Waals surface area contributed by atoms with Crippen LogP contribution >= 0.6 is 12.2 Å².